The smallest absolute Gasteiger partial charge is 0.101 e. The number of imidazole rings is 1. The standard InChI is InChI=1S/C12H19N3OS/c1-9-12(3-6-17-9)11(14-4-5-16-12)10-7-13-8-15(10)2/h7-9,11,14H,3-6H2,1-2H3. The van der Waals surface area contributed by atoms with E-state index in [0.717, 1.165) is 19.6 Å². The quantitative estimate of drug-likeness (QED) is 0.820. The molecule has 2 saturated heterocycles. The summed E-state index contributed by atoms with van der Waals surface area (Å²) in [5.41, 5.74) is 1.19. The molecule has 0 bridgehead atoms. The van der Waals surface area contributed by atoms with Gasteiger partial charge in [0.25, 0.3) is 0 Å². The highest BCUT2D eigenvalue weighted by Gasteiger charge is 2.51. The molecule has 2 fully saturated rings. The van der Waals surface area contributed by atoms with E-state index in [9.17, 15) is 0 Å². The Hall–Kier alpha value is -0.520. The second kappa shape index (κ2) is 4.30. The van der Waals surface area contributed by atoms with Crippen molar-refractivity contribution in [1.82, 2.24) is 14.9 Å². The van der Waals surface area contributed by atoms with Gasteiger partial charge in [-0.25, -0.2) is 4.98 Å². The van der Waals surface area contributed by atoms with Crippen LogP contribution in [0.3, 0.4) is 0 Å². The normalized spacial score (nSPS) is 37.8. The molecule has 2 aliphatic heterocycles. The van der Waals surface area contributed by atoms with E-state index >= 15 is 0 Å². The molecule has 17 heavy (non-hydrogen) atoms. The van der Waals surface area contributed by atoms with Crippen LogP contribution < -0.4 is 5.32 Å². The van der Waals surface area contributed by atoms with Crippen LogP contribution in [-0.2, 0) is 11.8 Å². The molecule has 3 unspecified atom stereocenters. The van der Waals surface area contributed by atoms with Crippen LogP contribution in [0.5, 0.6) is 0 Å². The van der Waals surface area contributed by atoms with Gasteiger partial charge in [-0.1, -0.05) is 6.92 Å². The molecule has 3 atom stereocenters. The van der Waals surface area contributed by atoms with Crippen molar-refractivity contribution < 1.29 is 4.74 Å². The van der Waals surface area contributed by atoms with Crippen LogP contribution in [-0.4, -0.2) is 39.3 Å². The van der Waals surface area contributed by atoms with Crippen LogP contribution in [0.4, 0.5) is 0 Å². The Labute approximate surface area is 106 Å². The van der Waals surface area contributed by atoms with E-state index in [0.29, 0.717) is 5.25 Å². The summed E-state index contributed by atoms with van der Waals surface area (Å²) in [6.45, 7) is 4.03. The Balaban J connectivity index is 1.98. The number of thioether (sulfide) groups is 1. The van der Waals surface area contributed by atoms with Gasteiger partial charge >= 0.3 is 0 Å². The average molecular weight is 253 g/mol. The monoisotopic (exact) mass is 253 g/mol. The molecule has 1 N–H and O–H groups in total. The third kappa shape index (κ3) is 1.72. The molecule has 1 aromatic rings. The Kier molecular flexibility index (Phi) is 2.92. The second-order valence-electron chi connectivity index (χ2n) is 4.88. The van der Waals surface area contributed by atoms with Crippen molar-refractivity contribution >= 4 is 11.8 Å². The van der Waals surface area contributed by atoms with Gasteiger partial charge in [-0.3, -0.25) is 0 Å². The van der Waals surface area contributed by atoms with Crippen molar-refractivity contribution in [3.8, 4) is 0 Å². The lowest BCUT2D eigenvalue weighted by atomic mass is 9.85. The lowest BCUT2D eigenvalue weighted by Crippen LogP contribution is -2.55. The number of morpholine rings is 1. The van der Waals surface area contributed by atoms with Gasteiger partial charge in [-0.05, 0) is 12.2 Å². The van der Waals surface area contributed by atoms with E-state index < -0.39 is 0 Å². The zero-order valence-corrected chi connectivity index (χ0v) is 11.2. The number of aromatic nitrogens is 2. The van der Waals surface area contributed by atoms with Gasteiger partial charge in [-0.15, -0.1) is 0 Å². The molecule has 0 amide bonds. The third-order valence-electron chi connectivity index (χ3n) is 4.01. The minimum absolute atomic E-state index is 0.0449. The van der Waals surface area contributed by atoms with Crippen molar-refractivity contribution in [3.63, 3.8) is 0 Å². The number of hydrogen-bond donors (Lipinski definition) is 1. The van der Waals surface area contributed by atoms with E-state index in [1.165, 1.54) is 11.4 Å². The maximum Gasteiger partial charge on any atom is 0.101 e. The Morgan fingerprint density at radius 2 is 2.53 bits per heavy atom. The molecule has 0 aromatic carbocycles. The summed E-state index contributed by atoms with van der Waals surface area (Å²) < 4.78 is 8.31. The van der Waals surface area contributed by atoms with Gasteiger partial charge in [0.15, 0.2) is 0 Å². The lowest BCUT2D eigenvalue weighted by Gasteiger charge is -2.44. The van der Waals surface area contributed by atoms with Crippen molar-refractivity contribution in [1.29, 1.82) is 0 Å². The molecule has 3 heterocycles. The number of rotatable bonds is 1. The van der Waals surface area contributed by atoms with Crippen LogP contribution in [0.25, 0.3) is 0 Å². The summed E-state index contributed by atoms with van der Waals surface area (Å²) in [7, 11) is 2.05. The van der Waals surface area contributed by atoms with Crippen molar-refractivity contribution in [2.75, 3.05) is 18.9 Å². The number of nitrogens with zero attached hydrogens (tertiary/aromatic N) is 2. The van der Waals surface area contributed by atoms with Gasteiger partial charge in [-0.2, -0.15) is 11.8 Å². The summed E-state index contributed by atoms with van der Waals surface area (Å²) >= 11 is 2.01. The molecule has 94 valence electrons. The minimum atomic E-state index is -0.0449. The van der Waals surface area contributed by atoms with Crippen molar-refractivity contribution in [3.05, 3.63) is 18.2 Å². The first-order valence-corrected chi connectivity index (χ1v) is 7.24. The Morgan fingerprint density at radius 1 is 1.65 bits per heavy atom. The minimum Gasteiger partial charge on any atom is -0.370 e. The predicted molar refractivity (Wildman–Crippen MR) is 69.2 cm³/mol. The number of aryl methyl sites for hydroxylation is 1. The third-order valence-corrected chi connectivity index (χ3v) is 5.35. The molecular formula is C12H19N3OS. The van der Waals surface area contributed by atoms with Crippen LogP contribution in [0.15, 0.2) is 12.5 Å². The zero-order chi connectivity index (χ0) is 11.9. The van der Waals surface area contributed by atoms with Crippen LogP contribution in [0, 0.1) is 0 Å². The molecule has 0 aliphatic carbocycles. The number of ether oxygens (including phenoxy) is 1. The first-order valence-electron chi connectivity index (χ1n) is 6.19. The van der Waals surface area contributed by atoms with E-state index in [2.05, 4.69) is 28.8 Å². The molecule has 1 aromatic heterocycles. The first-order chi connectivity index (χ1) is 8.24. The number of hydrogen-bond acceptors (Lipinski definition) is 4. The summed E-state index contributed by atoms with van der Waals surface area (Å²) in [5, 5.41) is 4.16. The summed E-state index contributed by atoms with van der Waals surface area (Å²) in [4.78, 5) is 4.24. The Morgan fingerprint density at radius 3 is 3.18 bits per heavy atom. The summed E-state index contributed by atoms with van der Waals surface area (Å²) in [5.74, 6) is 1.19. The molecule has 3 rings (SSSR count). The SMILES string of the molecule is CC1SCCC12OCCNC2c1cncn1C. The predicted octanol–water partition coefficient (Wildman–Crippen LogP) is 1.35. The highest BCUT2D eigenvalue weighted by molar-refractivity contribution is 8.00. The fraction of sp³-hybridized carbons (Fsp3) is 0.750. The fourth-order valence-corrected chi connectivity index (χ4v) is 4.40. The first kappa shape index (κ1) is 11.6. The highest BCUT2D eigenvalue weighted by atomic mass is 32.2. The van der Waals surface area contributed by atoms with E-state index in [4.69, 9.17) is 4.74 Å². The molecule has 4 nitrogen and oxygen atoms in total. The van der Waals surface area contributed by atoms with E-state index in [-0.39, 0.29) is 11.6 Å². The van der Waals surface area contributed by atoms with Gasteiger partial charge in [0.2, 0.25) is 0 Å². The average Bonchev–Trinajstić information content (AvgIpc) is 2.89. The van der Waals surface area contributed by atoms with Gasteiger partial charge in [0.1, 0.15) is 5.60 Å². The molecule has 2 aliphatic rings. The summed E-state index contributed by atoms with van der Waals surface area (Å²) in [6, 6.07) is 0.272. The second-order valence-corrected chi connectivity index (χ2v) is 6.33. The topological polar surface area (TPSA) is 39.1 Å². The van der Waals surface area contributed by atoms with Gasteiger partial charge in [0, 0.05) is 25.0 Å². The van der Waals surface area contributed by atoms with Crippen LogP contribution in [0.2, 0.25) is 0 Å². The molecule has 0 saturated carbocycles. The van der Waals surface area contributed by atoms with E-state index in [1.807, 2.05) is 24.3 Å². The Bertz CT molecular complexity index is 408. The fourth-order valence-electron chi connectivity index (χ4n) is 3.01. The lowest BCUT2D eigenvalue weighted by molar-refractivity contribution is -0.0955. The van der Waals surface area contributed by atoms with E-state index in [1.54, 1.807) is 0 Å². The molecule has 5 heteroatoms. The maximum absolute atomic E-state index is 6.21. The van der Waals surface area contributed by atoms with Gasteiger partial charge < -0.3 is 14.6 Å². The molecular weight excluding hydrogens is 234 g/mol. The molecule has 1 spiro atoms. The largest absolute Gasteiger partial charge is 0.370 e. The molecule has 0 radical (unpaired) electrons. The zero-order valence-electron chi connectivity index (χ0n) is 10.3. The van der Waals surface area contributed by atoms with Crippen LogP contribution in [0.1, 0.15) is 25.1 Å². The van der Waals surface area contributed by atoms with Gasteiger partial charge in [0.05, 0.1) is 24.7 Å². The van der Waals surface area contributed by atoms with Crippen LogP contribution >= 0.6 is 11.8 Å². The maximum atomic E-state index is 6.21. The number of nitrogens with one attached hydrogen (secondary N) is 1. The van der Waals surface area contributed by atoms with Crippen molar-refractivity contribution in [2.24, 2.45) is 7.05 Å². The summed E-state index contributed by atoms with van der Waals surface area (Å²) in [6.07, 6.45) is 4.96. The van der Waals surface area contributed by atoms with Crippen molar-refractivity contribution in [2.45, 2.75) is 30.2 Å². The highest BCUT2D eigenvalue weighted by Crippen LogP contribution is 2.47.